The molecule has 6 heteroatoms. The van der Waals surface area contributed by atoms with Crippen molar-refractivity contribution < 1.29 is 28.6 Å². The number of ether oxygens (including phenoxy) is 3. The van der Waals surface area contributed by atoms with Crippen LogP contribution < -0.4 is 0 Å². The average molecular weight is 1060 g/mol. The first-order valence-corrected chi connectivity index (χ1v) is 32.2. The molecule has 0 heterocycles. The summed E-state index contributed by atoms with van der Waals surface area (Å²) in [5.74, 6) is -0.914. The molecule has 0 fully saturated rings. The van der Waals surface area contributed by atoms with E-state index in [1.54, 1.807) is 0 Å². The predicted octanol–water partition coefficient (Wildman–Crippen LogP) is 22.0. The lowest BCUT2D eigenvalue weighted by molar-refractivity contribution is -0.167. The second kappa shape index (κ2) is 63.9. The highest BCUT2D eigenvalue weighted by Crippen LogP contribution is 2.16. The summed E-state index contributed by atoms with van der Waals surface area (Å²) in [6.07, 6.45) is 85.6. The van der Waals surface area contributed by atoms with Crippen LogP contribution in [0.1, 0.15) is 310 Å². The minimum atomic E-state index is -0.795. The van der Waals surface area contributed by atoms with Gasteiger partial charge in [-0.25, -0.2) is 0 Å². The zero-order valence-electron chi connectivity index (χ0n) is 50.0. The number of rotatable bonds is 58. The predicted molar refractivity (Wildman–Crippen MR) is 330 cm³/mol. The third-order valence-electron chi connectivity index (χ3n) is 13.8. The van der Waals surface area contributed by atoms with Crippen LogP contribution >= 0.6 is 0 Å². The Hall–Kier alpha value is -3.67. The van der Waals surface area contributed by atoms with Crippen molar-refractivity contribution in [3.8, 4) is 0 Å². The van der Waals surface area contributed by atoms with Crippen LogP contribution in [0.5, 0.6) is 0 Å². The molecule has 0 aliphatic rings. The highest BCUT2D eigenvalue weighted by Gasteiger charge is 2.19. The van der Waals surface area contributed by atoms with E-state index < -0.39 is 6.10 Å². The summed E-state index contributed by atoms with van der Waals surface area (Å²) >= 11 is 0. The van der Waals surface area contributed by atoms with Crippen molar-refractivity contribution in [1.82, 2.24) is 0 Å². The Morgan fingerprint density at radius 3 is 0.816 bits per heavy atom. The van der Waals surface area contributed by atoms with E-state index in [0.29, 0.717) is 19.3 Å². The molecule has 436 valence electrons. The van der Waals surface area contributed by atoms with Crippen molar-refractivity contribution in [3.63, 3.8) is 0 Å². The average Bonchev–Trinajstić information content (AvgIpc) is 3.42. The molecular weight excluding hydrogens is 937 g/mol. The molecule has 0 amide bonds. The zero-order valence-corrected chi connectivity index (χ0v) is 50.0. The van der Waals surface area contributed by atoms with E-state index in [9.17, 15) is 14.4 Å². The van der Waals surface area contributed by atoms with Crippen molar-refractivity contribution in [1.29, 1.82) is 0 Å². The van der Waals surface area contributed by atoms with Gasteiger partial charge in [0.25, 0.3) is 0 Å². The van der Waals surface area contributed by atoms with Gasteiger partial charge in [0.2, 0.25) is 0 Å². The summed E-state index contributed by atoms with van der Waals surface area (Å²) < 4.78 is 16.9. The van der Waals surface area contributed by atoms with Crippen LogP contribution in [0.4, 0.5) is 0 Å². The molecule has 0 aromatic rings. The Morgan fingerprint density at radius 1 is 0.276 bits per heavy atom. The number of hydrogen-bond acceptors (Lipinski definition) is 6. The largest absolute Gasteiger partial charge is 0.462 e. The van der Waals surface area contributed by atoms with Crippen LogP contribution in [0.2, 0.25) is 0 Å². The number of allylic oxidation sites excluding steroid dienone is 16. The lowest BCUT2D eigenvalue weighted by atomic mass is 10.0. The molecule has 76 heavy (non-hydrogen) atoms. The molecule has 0 spiro atoms. The molecular formula is C70H120O6. The minimum absolute atomic E-state index is 0.0894. The molecule has 0 aliphatic heterocycles. The lowest BCUT2D eigenvalue weighted by Gasteiger charge is -2.18. The van der Waals surface area contributed by atoms with Gasteiger partial charge in [-0.2, -0.15) is 0 Å². The summed E-state index contributed by atoms with van der Waals surface area (Å²) in [5.41, 5.74) is 0. The van der Waals surface area contributed by atoms with Crippen molar-refractivity contribution in [3.05, 3.63) is 97.2 Å². The maximum atomic E-state index is 12.9. The first kappa shape index (κ1) is 72.3. The van der Waals surface area contributed by atoms with Crippen LogP contribution in [0.25, 0.3) is 0 Å². The van der Waals surface area contributed by atoms with E-state index in [1.165, 1.54) is 135 Å². The fourth-order valence-electron chi connectivity index (χ4n) is 8.97. The quantitative estimate of drug-likeness (QED) is 0.0261. The van der Waals surface area contributed by atoms with Gasteiger partial charge in [0.15, 0.2) is 6.10 Å². The standard InChI is InChI=1S/C70H120O6/c1-4-7-10-13-16-19-22-25-28-30-31-32-33-34-35-36-37-38-39-40-43-45-48-51-54-57-60-63-69(72)75-66-67(65-74-68(71)62-59-56-53-50-47-44-41-27-24-21-18-15-12-9-6-3)76-70(73)64-61-58-55-52-49-46-42-29-26-23-20-17-14-11-8-5-2/h9,12,18,20-23,25,27,29-31,33-34,41-42,67H,4-8,10-11,13-17,19,24,26,28,32,35-40,43-66H2,1-3H3/b12-9-,21-18-,23-20-,25-22-,31-30-,34-33-,41-27-,42-29-. The normalized spacial score (nSPS) is 12.7. The summed E-state index contributed by atoms with van der Waals surface area (Å²) in [4.78, 5) is 38.3. The topological polar surface area (TPSA) is 78.9 Å². The van der Waals surface area contributed by atoms with Gasteiger partial charge in [-0.05, 0) is 122 Å². The van der Waals surface area contributed by atoms with E-state index in [1.807, 2.05) is 0 Å². The Kier molecular flexibility index (Phi) is 60.8. The van der Waals surface area contributed by atoms with Crippen LogP contribution in [-0.2, 0) is 28.6 Å². The third kappa shape index (κ3) is 61.2. The first-order chi connectivity index (χ1) is 37.5. The van der Waals surface area contributed by atoms with Gasteiger partial charge in [0.1, 0.15) is 13.2 Å². The van der Waals surface area contributed by atoms with Crippen molar-refractivity contribution in [2.45, 2.75) is 316 Å². The molecule has 0 rings (SSSR count). The molecule has 0 aromatic carbocycles. The summed E-state index contributed by atoms with van der Waals surface area (Å²) in [6, 6.07) is 0. The number of carbonyl (C=O) groups excluding carboxylic acids is 3. The van der Waals surface area contributed by atoms with Crippen LogP contribution in [-0.4, -0.2) is 37.2 Å². The number of unbranched alkanes of at least 4 members (excludes halogenated alkanes) is 31. The molecule has 0 N–H and O–H groups in total. The highest BCUT2D eigenvalue weighted by molar-refractivity contribution is 5.71. The smallest absolute Gasteiger partial charge is 0.306 e. The third-order valence-corrected chi connectivity index (χ3v) is 13.8. The highest BCUT2D eigenvalue weighted by atomic mass is 16.6. The Balaban J connectivity index is 4.32. The van der Waals surface area contributed by atoms with Crippen LogP contribution in [0.3, 0.4) is 0 Å². The van der Waals surface area contributed by atoms with Crippen LogP contribution in [0, 0.1) is 0 Å². The molecule has 0 saturated carbocycles. The van der Waals surface area contributed by atoms with Crippen LogP contribution in [0.15, 0.2) is 97.2 Å². The minimum Gasteiger partial charge on any atom is -0.462 e. The number of esters is 3. The molecule has 0 aliphatic carbocycles. The van der Waals surface area contributed by atoms with E-state index in [0.717, 1.165) is 135 Å². The summed E-state index contributed by atoms with van der Waals surface area (Å²) in [6.45, 7) is 6.49. The van der Waals surface area contributed by atoms with Gasteiger partial charge in [0.05, 0.1) is 0 Å². The van der Waals surface area contributed by atoms with E-state index in [2.05, 4.69) is 118 Å². The first-order valence-electron chi connectivity index (χ1n) is 32.2. The molecule has 6 nitrogen and oxygen atoms in total. The van der Waals surface area contributed by atoms with Gasteiger partial charge in [-0.3, -0.25) is 14.4 Å². The second-order valence-corrected chi connectivity index (χ2v) is 21.3. The summed E-state index contributed by atoms with van der Waals surface area (Å²) in [7, 11) is 0. The maximum Gasteiger partial charge on any atom is 0.306 e. The Bertz CT molecular complexity index is 1490. The molecule has 0 aromatic heterocycles. The fraction of sp³-hybridized carbons (Fsp3) is 0.729. The Morgan fingerprint density at radius 2 is 0.513 bits per heavy atom. The number of carbonyl (C=O) groups is 3. The molecule has 1 atom stereocenters. The molecule has 1 unspecified atom stereocenters. The van der Waals surface area contributed by atoms with Crippen molar-refractivity contribution >= 4 is 17.9 Å². The SMILES string of the molecule is CC/C=C\C/C=C\C/C=C\CCCCCCCC(=O)OCC(COC(=O)CCCCCCCCCCCCCC/C=C\C/C=C\C/C=C\CCCCCCC)OC(=O)CCCCCCC/C=C\C/C=C\CCCCCC. The van der Waals surface area contributed by atoms with Gasteiger partial charge in [-0.1, -0.05) is 266 Å². The van der Waals surface area contributed by atoms with Gasteiger partial charge in [-0.15, -0.1) is 0 Å². The van der Waals surface area contributed by atoms with Gasteiger partial charge < -0.3 is 14.2 Å². The van der Waals surface area contributed by atoms with Crippen molar-refractivity contribution in [2.75, 3.05) is 13.2 Å². The van der Waals surface area contributed by atoms with E-state index in [-0.39, 0.29) is 31.1 Å². The van der Waals surface area contributed by atoms with E-state index >= 15 is 0 Å². The van der Waals surface area contributed by atoms with Gasteiger partial charge in [0, 0.05) is 19.3 Å². The lowest BCUT2D eigenvalue weighted by Crippen LogP contribution is -2.30. The maximum absolute atomic E-state index is 12.9. The van der Waals surface area contributed by atoms with Gasteiger partial charge >= 0.3 is 17.9 Å². The monoisotopic (exact) mass is 1060 g/mol. The summed E-state index contributed by atoms with van der Waals surface area (Å²) in [5, 5.41) is 0. The molecule has 0 bridgehead atoms. The number of hydrogen-bond donors (Lipinski definition) is 0. The molecule has 0 radical (unpaired) electrons. The molecule has 0 saturated heterocycles. The Labute approximate surface area is 470 Å². The van der Waals surface area contributed by atoms with Crippen molar-refractivity contribution in [2.24, 2.45) is 0 Å². The van der Waals surface area contributed by atoms with E-state index in [4.69, 9.17) is 14.2 Å². The fourth-order valence-corrected chi connectivity index (χ4v) is 8.97. The second-order valence-electron chi connectivity index (χ2n) is 21.3. The zero-order chi connectivity index (χ0) is 55.0.